The number of carbonyl (C=O) groups is 1. The fourth-order valence-electron chi connectivity index (χ4n) is 3.14. The molecule has 19 heavy (non-hydrogen) atoms. The summed E-state index contributed by atoms with van der Waals surface area (Å²) in [5.74, 6) is 0.212. The van der Waals surface area contributed by atoms with Crippen LogP contribution in [0.4, 0.5) is 0 Å². The Balaban J connectivity index is 2.24. The second-order valence-corrected chi connectivity index (χ2v) is 5.11. The van der Waals surface area contributed by atoms with Gasteiger partial charge in [-0.2, -0.15) is 0 Å². The minimum atomic E-state index is 0.212. The molecule has 0 saturated heterocycles. The Hall–Kier alpha value is -1.89. The predicted octanol–water partition coefficient (Wildman–Crippen LogP) is 3.95. The highest BCUT2D eigenvalue weighted by atomic mass is 16.1. The highest BCUT2D eigenvalue weighted by Gasteiger charge is 2.25. The molecule has 0 spiro atoms. The Bertz CT molecular complexity index is 653. The standard InChI is InChI=1S/C18H18O/c1-3-12-9-10-14-11-13-7-5-6-8-16(13)18(19)17(14)15(12)4-2/h5-10H,3-4,11H2,1-2H3. The summed E-state index contributed by atoms with van der Waals surface area (Å²) in [5, 5.41) is 0. The third-order valence-electron chi connectivity index (χ3n) is 4.10. The average molecular weight is 250 g/mol. The second-order valence-electron chi connectivity index (χ2n) is 5.11. The van der Waals surface area contributed by atoms with Gasteiger partial charge in [0.05, 0.1) is 0 Å². The summed E-state index contributed by atoms with van der Waals surface area (Å²) in [6.45, 7) is 4.30. The van der Waals surface area contributed by atoms with Gasteiger partial charge >= 0.3 is 0 Å². The van der Waals surface area contributed by atoms with Crippen molar-refractivity contribution in [1.82, 2.24) is 0 Å². The van der Waals surface area contributed by atoms with Gasteiger partial charge in [0.15, 0.2) is 5.78 Å². The average Bonchev–Trinajstić information content (AvgIpc) is 2.46. The molecule has 1 aliphatic carbocycles. The van der Waals surface area contributed by atoms with Crippen LogP contribution in [0.3, 0.4) is 0 Å². The van der Waals surface area contributed by atoms with Crippen molar-refractivity contribution in [1.29, 1.82) is 0 Å². The zero-order valence-electron chi connectivity index (χ0n) is 11.5. The van der Waals surface area contributed by atoms with E-state index in [1.165, 1.54) is 16.7 Å². The number of hydrogen-bond acceptors (Lipinski definition) is 1. The van der Waals surface area contributed by atoms with Gasteiger partial charge in [0.2, 0.25) is 0 Å². The molecule has 2 aromatic carbocycles. The minimum Gasteiger partial charge on any atom is -0.289 e. The first-order valence-electron chi connectivity index (χ1n) is 7.02. The molecule has 3 rings (SSSR count). The fraction of sp³-hybridized carbons (Fsp3) is 0.278. The van der Waals surface area contributed by atoms with E-state index in [1.807, 2.05) is 18.2 Å². The van der Waals surface area contributed by atoms with Crippen LogP contribution in [-0.2, 0) is 19.3 Å². The molecule has 0 radical (unpaired) electrons. The maximum Gasteiger partial charge on any atom is 0.193 e. The van der Waals surface area contributed by atoms with Crippen LogP contribution in [0.1, 0.15) is 52.0 Å². The van der Waals surface area contributed by atoms with Gasteiger partial charge in [-0.3, -0.25) is 4.79 Å². The molecular formula is C18H18O. The Kier molecular flexibility index (Phi) is 2.98. The Morgan fingerprint density at radius 3 is 2.47 bits per heavy atom. The monoisotopic (exact) mass is 250 g/mol. The molecule has 1 nitrogen and oxygen atoms in total. The molecule has 0 atom stereocenters. The van der Waals surface area contributed by atoms with E-state index >= 15 is 0 Å². The molecule has 1 heteroatoms. The first kappa shape index (κ1) is 12.2. The Morgan fingerprint density at radius 2 is 1.74 bits per heavy atom. The third-order valence-corrected chi connectivity index (χ3v) is 4.10. The van der Waals surface area contributed by atoms with Gasteiger partial charge in [-0.05, 0) is 41.5 Å². The van der Waals surface area contributed by atoms with Gasteiger partial charge < -0.3 is 0 Å². The number of hydrogen-bond donors (Lipinski definition) is 0. The summed E-state index contributed by atoms with van der Waals surface area (Å²) in [6.07, 6.45) is 2.81. The Morgan fingerprint density at radius 1 is 0.947 bits per heavy atom. The molecule has 0 heterocycles. The maximum atomic E-state index is 12.8. The number of ketones is 1. The van der Waals surface area contributed by atoms with Crippen molar-refractivity contribution in [3.63, 3.8) is 0 Å². The van der Waals surface area contributed by atoms with Crippen LogP contribution in [-0.4, -0.2) is 5.78 Å². The van der Waals surface area contributed by atoms with Crippen molar-refractivity contribution in [3.8, 4) is 0 Å². The number of rotatable bonds is 2. The fourth-order valence-corrected chi connectivity index (χ4v) is 3.14. The molecular weight excluding hydrogens is 232 g/mol. The number of carbonyl (C=O) groups excluding carboxylic acids is 1. The maximum absolute atomic E-state index is 12.8. The molecule has 0 unspecified atom stereocenters. The van der Waals surface area contributed by atoms with Crippen molar-refractivity contribution < 1.29 is 4.79 Å². The van der Waals surface area contributed by atoms with Crippen molar-refractivity contribution >= 4 is 5.78 Å². The van der Waals surface area contributed by atoms with Gasteiger partial charge in [-0.1, -0.05) is 50.2 Å². The second kappa shape index (κ2) is 4.65. The lowest BCUT2D eigenvalue weighted by Gasteiger charge is -2.22. The van der Waals surface area contributed by atoms with Gasteiger partial charge in [0.25, 0.3) is 0 Å². The van der Waals surface area contributed by atoms with Crippen molar-refractivity contribution in [3.05, 3.63) is 69.8 Å². The van der Waals surface area contributed by atoms with E-state index in [4.69, 9.17) is 0 Å². The topological polar surface area (TPSA) is 17.1 Å². The number of aryl methyl sites for hydroxylation is 1. The highest BCUT2D eigenvalue weighted by Crippen LogP contribution is 2.31. The SMILES string of the molecule is CCc1ccc2c(c1CC)C(=O)c1ccccc1C2. The number of benzene rings is 2. The normalized spacial score (nSPS) is 13.1. The third kappa shape index (κ3) is 1.81. The summed E-state index contributed by atoms with van der Waals surface area (Å²) >= 11 is 0. The van der Waals surface area contributed by atoms with Crippen LogP contribution >= 0.6 is 0 Å². The first-order chi connectivity index (χ1) is 9.26. The Labute approximate surface area is 114 Å². The quantitative estimate of drug-likeness (QED) is 0.673. The zero-order valence-corrected chi connectivity index (χ0v) is 11.5. The summed E-state index contributed by atoms with van der Waals surface area (Å²) in [5.41, 5.74) is 6.77. The summed E-state index contributed by atoms with van der Waals surface area (Å²) in [7, 11) is 0. The largest absolute Gasteiger partial charge is 0.289 e. The molecule has 96 valence electrons. The lowest BCUT2D eigenvalue weighted by Crippen LogP contribution is -2.18. The van der Waals surface area contributed by atoms with E-state index in [-0.39, 0.29) is 5.78 Å². The lowest BCUT2D eigenvalue weighted by molar-refractivity contribution is 0.103. The van der Waals surface area contributed by atoms with E-state index in [2.05, 4.69) is 32.0 Å². The molecule has 0 N–H and O–H groups in total. The van der Waals surface area contributed by atoms with E-state index < -0.39 is 0 Å². The molecule has 0 fully saturated rings. The van der Waals surface area contributed by atoms with E-state index in [0.29, 0.717) is 0 Å². The molecule has 1 aliphatic rings. The van der Waals surface area contributed by atoms with Crippen LogP contribution < -0.4 is 0 Å². The van der Waals surface area contributed by atoms with Gasteiger partial charge in [0.1, 0.15) is 0 Å². The zero-order chi connectivity index (χ0) is 13.4. The van der Waals surface area contributed by atoms with Gasteiger partial charge in [0, 0.05) is 11.1 Å². The summed E-state index contributed by atoms with van der Waals surface area (Å²) in [4.78, 5) is 12.8. The molecule has 2 aromatic rings. The van der Waals surface area contributed by atoms with Gasteiger partial charge in [-0.15, -0.1) is 0 Å². The minimum absolute atomic E-state index is 0.212. The predicted molar refractivity (Wildman–Crippen MR) is 77.9 cm³/mol. The van der Waals surface area contributed by atoms with Gasteiger partial charge in [-0.25, -0.2) is 0 Å². The smallest absolute Gasteiger partial charge is 0.193 e. The van der Waals surface area contributed by atoms with Crippen molar-refractivity contribution in [2.45, 2.75) is 33.1 Å². The van der Waals surface area contributed by atoms with Crippen LogP contribution in [0.15, 0.2) is 36.4 Å². The summed E-state index contributed by atoms with van der Waals surface area (Å²) in [6, 6.07) is 12.3. The van der Waals surface area contributed by atoms with E-state index in [0.717, 1.165) is 36.0 Å². The van der Waals surface area contributed by atoms with Crippen LogP contribution in [0.25, 0.3) is 0 Å². The van der Waals surface area contributed by atoms with E-state index in [1.54, 1.807) is 0 Å². The molecule has 0 amide bonds. The van der Waals surface area contributed by atoms with Crippen molar-refractivity contribution in [2.75, 3.05) is 0 Å². The number of fused-ring (bicyclic) bond motifs is 2. The molecule has 0 saturated carbocycles. The molecule has 0 aliphatic heterocycles. The van der Waals surface area contributed by atoms with Crippen LogP contribution in [0.2, 0.25) is 0 Å². The molecule has 0 aromatic heterocycles. The highest BCUT2D eigenvalue weighted by molar-refractivity contribution is 6.13. The first-order valence-corrected chi connectivity index (χ1v) is 7.02. The summed E-state index contributed by atoms with van der Waals surface area (Å²) < 4.78 is 0. The van der Waals surface area contributed by atoms with Crippen LogP contribution in [0, 0.1) is 0 Å². The molecule has 0 bridgehead atoms. The van der Waals surface area contributed by atoms with Crippen molar-refractivity contribution in [2.24, 2.45) is 0 Å². The van der Waals surface area contributed by atoms with Crippen LogP contribution in [0.5, 0.6) is 0 Å². The van der Waals surface area contributed by atoms with E-state index in [9.17, 15) is 4.79 Å². The lowest BCUT2D eigenvalue weighted by atomic mass is 9.80.